The van der Waals surface area contributed by atoms with Gasteiger partial charge in [0.05, 0.1) is 11.9 Å². The van der Waals surface area contributed by atoms with Gasteiger partial charge in [-0.15, -0.1) is 0 Å². The van der Waals surface area contributed by atoms with Crippen molar-refractivity contribution in [3.8, 4) is 11.1 Å². The van der Waals surface area contributed by atoms with Gasteiger partial charge < -0.3 is 5.32 Å². The first-order chi connectivity index (χ1) is 19.4. The highest BCUT2D eigenvalue weighted by molar-refractivity contribution is 5.84. The zero-order valence-corrected chi connectivity index (χ0v) is 23.4. The van der Waals surface area contributed by atoms with E-state index in [0.717, 1.165) is 58.5 Å². The molecule has 0 saturated heterocycles. The molecule has 2 heterocycles. The third-order valence-electron chi connectivity index (χ3n) is 6.91. The molecule has 1 aromatic carbocycles. The highest BCUT2D eigenvalue weighted by Gasteiger charge is 2.12. The van der Waals surface area contributed by atoms with Crippen LogP contribution in [0.3, 0.4) is 0 Å². The van der Waals surface area contributed by atoms with Crippen LogP contribution in [-0.2, 0) is 12.8 Å². The van der Waals surface area contributed by atoms with E-state index in [1.54, 1.807) is 25.3 Å². The van der Waals surface area contributed by atoms with Gasteiger partial charge in [-0.1, -0.05) is 68.3 Å². The van der Waals surface area contributed by atoms with Crippen LogP contribution >= 0.6 is 0 Å². The molecule has 0 fully saturated rings. The van der Waals surface area contributed by atoms with Crippen molar-refractivity contribution in [3.63, 3.8) is 0 Å². The first-order valence-corrected chi connectivity index (χ1v) is 13.5. The molecule has 2 aromatic heterocycles. The molecular formula is C36H36FN3. The minimum absolute atomic E-state index is 0.271. The van der Waals surface area contributed by atoms with Crippen molar-refractivity contribution < 1.29 is 4.39 Å². The average molecular weight is 530 g/mol. The Morgan fingerprint density at radius 3 is 2.60 bits per heavy atom. The molecule has 1 aliphatic rings. The fraction of sp³-hybridized carbons (Fsp3) is 0.167. The molecule has 202 valence electrons. The smallest absolute Gasteiger partial charge is 0.122 e. The molecule has 4 heteroatoms. The molecule has 3 nitrogen and oxygen atoms in total. The van der Waals surface area contributed by atoms with E-state index >= 15 is 0 Å². The van der Waals surface area contributed by atoms with E-state index < -0.39 is 0 Å². The third kappa shape index (κ3) is 7.29. The molecule has 3 aromatic rings. The van der Waals surface area contributed by atoms with Crippen LogP contribution in [0.2, 0.25) is 0 Å². The number of rotatable bonds is 11. The van der Waals surface area contributed by atoms with Gasteiger partial charge in [-0.2, -0.15) is 0 Å². The summed E-state index contributed by atoms with van der Waals surface area (Å²) in [7, 11) is 0. The predicted molar refractivity (Wildman–Crippen MR) is 167 cm³/mol. The molecule has 1 N–H and O–H groups in total. The van der Waals surface area contributed by atoms with Crippen LogP contribution in [0.15, 0.2) is 134 Å². The molecule has 0 saturated carbocycles. The Kier molecular flexibility index (Phi) is 9.58. The number of halogens is 1. The molecule has 1 aliphatic carbocycles. The van der Waals surface area contributed by atoms with Crippen molar-refractivity contribution in [2.45, 2.75) is 39.5 Å². The second kappa shape index (κ2) is 13.5. The quantitative estimate of drug-likeness (QED) is 0.251. The number of anilines is 1. The Balaban J connectivity index is 1.47. The van der Waals surface area contributed by atoms with E-state index in [4.69, 9.17) is 0 Å². The number of aryl methyl sites for hydroxylation is 1. The van der Waals surface area contributed by atoms with Crippen LogP contribution in [0.1, 0.15) is 42.1 Å². The van der Waals surface area contributed by atoms with Gasteiger partial charge in [0.25, 0.3) is 0 Å². The van der Waals surface area contributed by atoms with Gasteiger partial charge in [0.2, 0.25) is 0 Å². The fourth-order valence-electron chi connectivity index (χ4n) is 4.66. The summed E-state index contributed by atoms with van der Waals surface area (Å²) in [4.78, 5) is 9.03. The summed E-state index contributed by atoms with van der Waals surface area (Å²) in [6, 6.07) is 12.4. The predicted octanol–water partition coefficient (Wildman–Crippen LogP) is 9.44. The lowest BCUT2D eigenvalue weighted by molar-refractivity contribution is 0.642. The molecule has 0 amide bonds. The zero-order valence-electron chi connectivity index (χ0n) is 23.4. The number of hydrogen-bond acceptors (Lipinski definition) is 3. The SMILES string of the molecule is C=C/C=C(Cc1ccc(NC(=C)C(=C)c2cc(-c3cncc(CC4=CCCC=C4)c3)ccc2C)cn1)\C(F)=C/C. The van der Waals surface area contributed by atoms with Gasteiger partial charge in [-0.05, 0) is 96.3 Å². The van der Waals surface area contributed by atoms with Crippen molar-refractivity contribution in [2.24, 2.45) is 0 Å². The van der Waals surface area contributed by atoms with Crippen molar-refractivity contribution in [1.82, 2.24) is 9.97 Å². The number of aromatic nitrogens is 2. The number of allylic oxidation sites excluding steroid dienone is 10. The lowest BCUT2D eigenvalue weighted by Gasteiger charge is -2.16. The molecule has 0 spiro atoms. The first kappa shape index (κ1) is 28.4. The molecule has 40 heavy (non-hydrogen) atoms. The van der Waals surface area contributed by atoms with Gasteiger partial charge in [0.1, 0.15) is 5.83 Å². The first-order valence-electron chi connectivity index (χ1n) is 13.5. The summed E-state index contributed by atoms with van der Waals surface area (Å²) in [5.41, 5.74) is 10.4. The molecule has 0 bridgehead atoms. The van der Waals surface area contributed by atoms with Gasteiger partial charge in [-0.3, -0.25) is 9.97 Å². The minimum Gasteiger partial charge on any atom is -0.354 e. The maximum Gasteiger partial charge on any atom is 0.122 e. The van der Waals surface area contributed by atoms with Crippen molar-refractivity contribution >= 4 is 11.3 Å². The fourth-order valence-corrected chi connectivity index (χ4v) is 4.66. The average Bonchev–Trinajstić information content (AvgIpc) is 2.98. The monoisotopic (exact) mass is 529 g/mol. The lowest BCUT2D eigenvalue weighted by Crippen LogP contribution is -2.03. The molecule has 4 rings (SSSR count). The number of benzene rings is 1. The van der Waals surface area contributed by atoms with E-state index in [0.29, 0.717) is 17.7 Å². The van der Waals surface area contributed by atoms with E-state index in [1.165, 1.54) is 17.2 Å². The minimum atomic E-state index is -0.271. The maximum absolute atomic E-state index is 14.1. The summed E-state index contributed by atoms with van der Waals surface area (Å²) in [6.45, 7) is 16.0. The van der Waals surface area contributed by atoms with E-state index in [2.05, 4.69) is 84.4 Å². The Morgan fingerprint density at radius 2 is 1.90 bits per heavy atom. The van der Waals surface area contributed by atoms with Crippen molar-refractivity contribution in [2.75, 3.05) is 5.32 Å². The number of pyridine rings is 2. The largest absolute Gasteiger partial charge is 0.354 e. The van der Waals surface area contributed by atoms with Gasteiger partial charge >= 0.3 is 0 Å². The van der Waals surface area contributed by atoms with Gasteiger partial charge in [0, 0.05) is 35.8 Å². The topological polar surface area (TPSA) is 37.8 Å². The Hall–Kier alpha value is -4.57. The summed E-state index contributed by atoms with van der Waals surface area (Å²) in [5, 5.41) is 3.32. The molecular weight excluding hydrogens is 493 g/mol. The number of nitrogens with zero attached hydrogens (tertiary/aromatic N) is 2. The summed E-state index contributed by atoms with van der Waals surface area (Å²) in [6.07, 6.45) is 20.5. The summed E-state index contributed by atoms with van der Waals surface area (Å²) in [5.74, 6) is -0.271. The van der Waals surface area contributed by atoms with Gasteiger partial charge in [0.15, 0.2) is 0 Å². The standard InChI is InChI=1S/C36H36FN3/c1-6-11-31(36(37)7-2)20-33-16-17-34(24-39-33)40-27(5)26(4)35-21-30(15-14-25(35)3)32-19-29(22-38-23-32)18-28-12-9-8-10-13-28/h6-7,9,11-17,19,21-24,40H,1,4-5,8,10,18,20H2,2-3H3/b31-11-,36-7+. The van der Waals surface area contributed by atoms with E-state index in [9.17, 15) is 4.39 Å². The van der Waals surface area contributed by atoms with Crippen LogP contribution in [-0.4, -0.2) is 9.97 Å². The highest BCUT2D eigenvalue weighted by Crippen LogP contribution is 2.30. The highest BCUT2D eigenvalue weighted by atomic mass is 19.1. The second-order valence-corrected chi connectivity index (χ2v) is 9.91. The van der Waals surface area contributed by atoms with Gasteiger partial charge in [-0.25, -0.2) is 4.39 Å². The third-order valence-corrected chi connectivity index (χ3v) is 6.91. The van der Waals surface area contributed by atoms with Crippen LogP contribution < -0.4 is 5.32 Å². The summed E-state index contributed by atoms with van der Waals surface area (Å²) >= 11 is 0. The van der Waals surface area contributed by atoms with Crippen molar-refractivity contribution in [3.05, 3.63) is 156 Å². The van der Waals surface area contributed by atoms with Crippen LogP contribution in [0.25, 0.3) is 16.7 Å². The number of hydrogen-bond donors (Lipinski definition) is 1. The number of nitrogens with one attached hydrogen (secondary N) is 1. The molecule has 0 radical (unpaired) electrons. The molecule has 0 unspecified atom stereocenters. The maximum atomic E-state index is 14.1. The Labute approximate surface area is 237 Å². The lowest BCUT2D eigenvalue weighted by atomic mass is 9.94. The van der Waals surface area contributed by atoms with E-state index in [-0.39, 0.29) is 5.83 Å². The zero-order chi connectivity index (χ0) is 28.5. The molecule has 0 aliphatic heterocycles. The summed E-state index contributed by atoms with van der Waals surface area (Å²) < 4.78 is 14.1. The van der Waals surface area contributed by atoms with Crippen LogP contribution in [0.4, 0.5) is 10.1 Å². The van der Waals surface area contributed by atoms with Crippen molar-refractivity contribution in [1.29, 1.82) is 0 Å². The van der Waals surface area contributed by atoms with Crippen LogP contribution in [0, 0.1) is 6.92 Å². The normalized spacial score (nSPS) is 13.5. The van der Waals surface area contributed by atoms with E-state index in [1.807, 2.05) is 24.5 Å². The Morgan fingerprint density at radius 1 is 1.05 bits per heavy atom. The Bertz CT molecular complexity index is 1530. The second-order valence-electron chi connectivity index (χ2n) is 9.91. The molecule has 0 atom stereocenters. The van der Waals surface area contributed by atoms with Crippen LogP contribution in [0.5, 0.6) is 0 Å².